The lowest BCUT2D eigenvalue weighted by Crippen LogP contribution is -2.05. The molecule has 0 aliphatic carbocycles. The number of benzene rings is 3. The minimum atomic E-state index is 0.633. The van der Waals surface area contributed by atoms with Crippen molar-refractivity contribution in [2.75, 3.05) is 11.9 Å². The fourth-order valence-electron chi connectivity index (χ4n) is 3.58. The lowest BCUT2D eigenvalue weighted by molar-refractivity contribution is 0.340. The molecule has 0 saturated heterocycles. The molecular formula is C24H20ClN5O. The Hall–Kier alpha value is -3.64. The molecule has 1 N–H and O–H groups in total. The highest BCUT2D eigenvalue weighted by Gasteiger charge is 2.16. The lowest BCUT2D eigenvalue weighted by atomic mass is 10.1. The van der Waals surface area contributed by atoms with Crippen LogP contribution in [0.25, 0.3) is 27.8 Å². The van der Waals surface area contributed by atoms with Crippen molar-refractivity contribution in [3.63, 3.8) is 0 Å². The summed E-state index contributed by atoms with van der Waals surface area (Å²) in [5, 5.41) is 13.9. The minimum absolute atomic E-state index is 0.633. The molecule has 3 aromatic carbocycles. The highest BCUT2D eigenvalue weighted by Crippen LogP contribution is 2.29. The average Bonchev–Trinajstić information content (AvgIpc) is 3.23. The molecule has 31 heavy (non-hydrogen) atoms. The van der Waals surface area contributed by atoms with Gasteiger partial charge in [-0.05, 0) is 48.9 Å². The number of ether oxygens (including phenoxy) is 1. The number of fused-ring (bicyclic) bond motifs is 3. The molecule has 0 aliphatic rings. The predicted molar refractivity (Wildman–Crippen MR) is 124 cm³/mol. The van der Waals surface area contributed by atoms with Crippen LogP contribution >= 0.6 is 11.6 Å². The Labute approximate surface area is 184 Å². The van der Waals surface area contributed by atoms with Gasteiger partial charge in [-0.25, -0.2) is 4.98 Å². The van der Waals surface area contributed by atoms with Gasteiger partial charge < -0.3 is 10.1 Å². The molecule has 7 heteroatoms. The normalized spacial score (nSPS) is 11.2. The number of nitrogens with zero attached hydrogens (tertiary/aromatic N) is 4. The summed E-state index contributed by atoms with van der Waals surface area (Å²) in [5.41, 5.74) is 4.31. The molecule has 2 aromatic heterocycles. The van der Waals surface area contributed by atoms with E-state index < -0.39 is 0 Å². The van der Waals surface area contributed by atoms with Crippen LogP contribution in [0.1, 0.15) is 12.5 Å². The molecular weight excluding hydrogens is 410 g/mol. The van der Waals surface area contributed by atoms with Crippen LogP contribution in [0.5, 0.6) is 5.75 Å². The van der Waals surface area contributed by atoms with Gasteiger partial charge in [0.1, 0.15) is 17.3 Å². The van der Waals surface area contributed by atoms with Crippen LogP contribution in [0.4, 0.5) is 5.82 Å². The van der Waals surface area contributed by atoms with Gasteiger partial charge in [-0.2, -0.15) is 4.52 Å². The number of para-hydroxylation sites is 1. The third-order valence-electron chi connectivity index (χ3n) is 5.04. The van der Waals surface area contributed by atoms with E-state index in [4.69, 9.17) is 21.3 Å². The first-order valence-corrected chi connectivity index (χ1v) is 10.5. The summed E-state index contributed by atoms with van der Waals surface area (Å²) < 4.78 is 7.30. The van der Waals surface area contributed by atoms with Gasteiger partial charge in [0.2, 0.25) is 0 Å². The SMILES string of the molecule is CCOc1ccc(CNc2nc3c(-c4cccc(Cl)c4)nnn3c3ccccc23)cc1. The van der Waals surface area contributed by atoms with Gasteiger partial charge in [0, 0.05) is 22.5 Å². The number of hydrogen-bond acceptors (Lipinski definition) is 5. The van der Waals surface area contributed by atoms with Gasteiger partial charge in [-0.1, -0.05) is 53.2 Å². The highest BCUT2D eigenvalue weighted by atomic mass is 35.5. The first-order valence-electron chi connectivity index (χ1n) is 10.1. The van der Waals surface area contributed by atoms with E-state index >= 15 is 0 Å². The van der Waals surface area contributed by atoms with Crippen molar-refractivity contribution in [3.05, 3.63) is 83.4 Å². The van der Waals surface area contributed by atoms with Gasteiger partial charge in [-0.15, -0.1) is 5.10 Å². The fourth-order valence-corrected chi connectivity index (χ4v) is 3.77. The number of nitrogens with one attached hydrogen (secondary N) is 1. The van der Waals surface area contributed by atoms with Gasteiger partial charge in [-0.3, -0.25) is 0 Å². The molecule has 154 valence electrons. The van der Waals surface area contributed by atoms with Crippen molar-refractivity contribution in [2.24, 2.45) is 0 Å². The van der Waals surface area contributed by atoms with Gasteiger partial charge in [0.15, 0.2) is 5.65 Å². The molecule has 0 aliphatic heterocycles. The number of anilines is 1. The molecule has 0 radical (unpaired) electrons. The van der Waals surface area contributed by atoms with Gasteiger partial charge in [0.05, 0.1) is 12.1 Å². The van der Waals surface area contributed by atoms with E-state index in [1.54, 1.807) is 4.52 Å². The maximum absolute atomic E-state index is 6.19. The molecule has 2 heterocycles. The van der Waals surface area contributed by atoms with Crippen LogP contribution in [0, 0.1) is 0 Å². The van der Waals surface area contributed by atoms with Crippen LogP contribution in [0.2, 0.25) is 5.02 Å². The summed E-state index contributed by atoms with van der Waals surface area (Å²) in [6.07, 6.45) is 0. The fraction of sp³-hybridized carbons (Fsp3) is 0.125. The second-order valence-electron chi connectivity index (χ2n) is 7.09. The van der Waals surface area contributed by atoms with E-state index in [0.717, 1.165) is 33.6 Å². The summed E-state index contributed by atoms with van der Waals surface area (Å²) in [4.78, 5) is 4.89. The molecule has 0 amide bonds. The van der Waals surface area contributed by atoms with E-state index in [2.05, 4.69) is 27.8 Å². The molecule has 0 spiro atoms. The quantitative estimate of drug-likeness (QED) is 0.380. The first kappa shape index (κ1) is 19.3. The Morgan fingerprint density at radius 1 is 1.00 bits per heavy atom. The molecule has 0 atom stereocenters. The van der Waals surface area contributed by atoms with Crippen LogP contribution in [-0.2, 0) is 6.54 Å². The largest absolute Gasteiger partial charge is 0.494 e. The summed E-state index contributed by atoms with van der Waals surface area (Å²) in [5.74, 6) is 1.65. The van der Waals surface area contributed by atoms with Crippen LogP contribution in [0.15, 0.2) is 72.8 Å². The van der Waals surface area contributed by atoms with Crippen molar-refractivity contribution >= 4 is 34.0 Å². The predicted octanol–water partition coefficient (Wildman–Crippen LogP) is 5.61. The number of halogens is 1. The zero-order chi connectivity index (χ0) is 21.2. The molecule has 0 unspecified atom stereocenters. The summed E-state index contributed by atoms with van der Waals surface area (Å²) in [6, 6.07) is 23.7. The van der Waals surface area contributed by atoms with E-state index in [1.165, 1.54) is 0 Å². The topological polar surface area (TPSA) is 64.3 Å². The van der Waals surface area contributed by atoms with E-state index in [-0.39, 0.29) is 0 Å². The molecule has 5 rings (SSSR count). The maximum atomic E-state index is 6.19. The molecule has 0 bridgehead atoms. The number of aromatic nitrogens is 4. The molecule has 5 aromatic rings. The van der Waals surface area contributed by atoms with E-state index in [0.29, 0.717) is 29.5 Å². The van der Waals surface area contributed by atoms with Crippen LogP contribution in [0.3, 0.4) is 0 Å². The highest BCUT2D eigenvalue weighted by molar-refractivity contribution is 6.30. The standard InChI is InChI=1S/C24H20ClN5O/c1-2-31-19-12-10-16(11-13-19)15-26-23-20-8-3-4-9-21(20)30-24(27-23)22(28-29-30)17-6-5-7-18(25)14-17/h3-14H,2,15H2,1H3,(H,26,27). The Kier molecular flexibility index (Phi) is 5.14. The monoisotopic (exact) mass is 429 g/mol. The third kappa shape index (κ3) is 3.78. The Morgan fingerprint density at radius 3 is 2.65 bits per heavy atom. The molecule has 0 saturated carbocycles. The van der Waals surface area contributed by atoms with Crippen molar-refractivity contribution in [2.45, 2.75) is 13.5 Å². The van der Waals surface area contributed by atoms with Crippen molar-refractivity contribution < 1.29 is 4.74 Å². The zero-order valence-corrected chi connectivity index (χ0v) is 17.7. The van der Waals surface area contributed by atoms with Crippen LogP contribution < -0.4 is 10.1 Å². The van der Waals surface area contributed by atoms with Gasteiger partial charge in [0.25, 0.3) is 0 Å². The first-order chi connectivity index (χ1) is 15.2. The second kappa shape index (κ2) is 8.24. The van der Waals surface area contributed by atoms with E-state index in [1.807, 2.05) is 67.6 Å². The molecule has 6 nitrogen and oxygen atoms in total. The minimum Gasteiger partial charge on any atom is -0.494 e. The summed E-state index contributed by atoms with van der Waals surface area (Å²) >= 11 is 6.19. The van der Waals surface area contributed by atoms with Crippen molar-refractivity contribution in [1.29, 1.82) is 0 Å². The average molecular weight is 430 g/mol. The second-order valence-corrected chi connectivity index (χ2v) is 7.53. The summed E-state index contributed by atoms with van der Waals surface area (Å²) in [6.45, 7) is 3.26. The number of rotatable bonds is 6. The zero-order valence-electron chi connectivity index (χ0n) is 16.9. The van der Waals surface area contributed by atoms with E-state index in [9.17, 15) is 0 Å². The lowest BCUT2D eigenvalue weighted by Gasteiger charge is -2.11. The number of hydrogen-bond donors (Lipinski definition) is 1. The Morgan fingerprint density at radius 2 is 1.84 bits per heavy atom. The summed E-state index contributed by atoms with van der Waals surface area (Å²) in [7, 11) is 0. The smallest absolute Gasteiger partial charge is 0.186 e. The van der Waals surface area contributed by atoms with Gasteiger partial charge >= 0.3 is 0 Å². The molecule has 0 fully saturated rings. The Balaban J connectivity index is 1.55. The van der Waals surface area contributed by atoms with Crippen molar-refractivity contribution in [1.82, 2.24) is 19.8 Å². The maximum Gasteiger partial charge on any atom is 0.186 e. The van der Waals surface area contributed by atoms with Crippen LogP contribution in [-0.4, -0.2) is 26.4 Å². The van der Waals surface area contributed by atoms with Crippen molar-refractivity contribution in [3.8, 4) is 17.0 Å². The third-order valence-corrected chi connectivity index (χ3v) is 5.28. The Bertz CT molecular complexity index is 1360.